The monoisotopic (exact) mass is 464 g/mol. The SMILES string of the molecule is CCN(CC)C(=O)c1sc(NC(=O)c2ccc([N+](=O)[O-])cc2[N+](=O)[O-])c(C(=O)OC)c1C. The Morgan fingerprint density at radius 1 is 1.12 bits per heavy atom. The summed E-state index contributed by atoms with van der Waals surface area (Å²) < 4.78 is 4.76. The molecule has 2 rings (SSSR count). The molecule has 13 heteroatoms. The van der Waals surface area contributed by atoms with Crippen molar-refractivity contribution in [2.75, 3.05) is 25.5 Å². The second-order valence-electron chi connectivity index (χ2n) is 6.40. The standard InChI is InChI=1S/C19H20N4O8S/c1-5-21(6-2)18(25)15-10(3)14(19(26)31-4)17(32-15)20-16(24)12-8-7-11(22(27)28)9-13(12)23(29)30/h7-9H,5-6H2,1-4H3,(H,20,24). The third kappa shape index (κ3) is 4.72. The summed E-state index contributed by atoms with van der Waals surface area (Å²) in [5.41, 5.74) is -1.52. The first-order valence-corrected chi connectivity index (χ1v) is 10.1. The molecule has 1 aromatic carbocycles. The minimum atomic E-state index is -0.972. The van der Waals surface area contributed by atoms with Crippen molar-refractivity contribution in [3.05, 3.63) is 60.0 Å². The molecule has 0 atom stereocenters. The molecule has 0 aliphatic carbocycles. The number of nitrogens with zero attached hydrogens (tertiary/aromatic N) is 3. The van der Waals surface area contributed by atoms with E-state index < -0.39 is 38.7 Å². The number of ether oxygens (including phenoxy) is 1. The number of amides is 2. The van der Waals surface area contributed by atoms with Crippen molar-refractivity contribution in [2.45, 2.75) is 20.8 Å². The van der Waals surface area contributed by atoms with E-state index in [4.69, 9.17) is 4.74 Å². The predicted molar refractivity (Wildman–Crippen MR) is 115 cm³/mol. The highest BCUT2D eigenvalue weighted by atomic mass is 32.1. The summed E-state index contributed by atoms with van der Waals surface area (Å²) in [7, 11) is 1.14. The molecular formula is C19H20N4O8S. The summed E-state index contributed by atoms with van der Waals surface area (Å²) >= 11 is 0.840. The van der Waals surface area contributed by atoms with Crippen LogP contribution >= 0.6 is 11.3 Å². The predicted octanol–water partition coefficient (Wildman–Crippen LogP) is 3.39. The number of nitrogens with one attached hydrogen (secondary N) is 1. The van der Waals surface area contributed by atoms with Crippen molar-refractivity contribution in [3.63, 3.8) is 0 Å². The zero-order valence-corrected chi connectivity index (χ0v) is 18.5. The fraction of sp³-hybridized carbons (Fsp3) is 0.316. The Kier molecular flexibility index (Phi) is 7.59. The number of nitro groups is 2. The number of rotatable bonds is 8. The van der Waals surface area contributed by atoms with Crippen LogP contribution in [0, 0.1) is 27.2 Å². The number of benzene rings is 1. The molecule has 0 bridgehead atoms. The first-order chi connectivity index (χ1) is 15.1. The van der Waals surface area contributed by atoms with Gasteiger partial charge in [0.15, 0.2) is 0 Å². The lowest BCUT2D eigenvalue weighted by Crippen LogP contribution is -2.30. The van der Waals surface area contributed by atoms with Crippen LogP contribution in [0.1, 0.15) is 49.8 Å². The lowest BCUT2D eigenvalue weighted by Gasteiger charge is -2.17. The number of carbonyl (C=O) groups excluding carboxylic acids is 3. The van der Waals surface area contributed by atoms with Crippen LogP contribution in [0.3, 0.4) is 0 Å². The summed E-state index contributed by atoms with van der Waals surface area (Å²) in [4.78, 5) is 60.2. The van der Waals surface area contributed by atoms with Crippen LogP contribution in [-0.4, -0.2) is 52.7 Å². The van der Waals surface area contributed by atoms with Crippen LogP contribution in [0.25, 0.3) is 0 Å². The van der Waals surface area contributed by atoms with Crippen LogP contribution in [0.2, 0.25) is 0 Å². The Bertz CT molecular complexity index is 1110. The molecule has 1 heterocycles. The molecule has 170 valence electrons. The molecule has 0 fully saturated rings. The third-order valence-corrected chi connectivity index (χ3v) is 5.84. The van der Waals surface area contributed by atoms with Gasteiger partial charge in [0.25, 0.3) is 23.2 Å². The Labute approximate surface area is 186 Å². The number of carbonyl (C=O) groups is 3. The second-order valence-corrected chi connectivity index (χ2v) is 7.42. The summed E-state index contributed by atoms with van der Waals surface area (Å²) in [5.74, 6) is -2.12. The van der Waals surface area contributed by atoms with Gasteiger partial charge in [0.1, 0.15) is 10.6 Å². The van der Waals surface area contributed by atoms with Gasteiger partial charge < -0.3 is 15.0 Å². The van der Waals surface area contributed by atoms with Crippen molar-refractivity contribution in [1.29, 1.82) is 0 Å². The molecule has 0 aliphatic heterocycles. The van der Waals surface area contributed by atoms with Gasteiger partial charge >= 0.3 is 5.97 Å². The average molecular weight is 464 g/mol. The molecule has 32 heavy (non-hydrogen) atoms. The third-order valence-electron chi connectivity index (χ3n) is 4.64. The molecule has 0 radical (unpaired) electrons. The van der Waals surface area contributed by atoms with Gasteiger partial charge in [-0.15, -0.1) is 11.3 Å². The summed E-state index contributed by atoms with van der Waals surface area (Å²) in [6.45, 7) is 5.97. The smallest absolute Gasteiger partial charge is 0.341 e. The molecule has 0 saturated carbocycles. The quantitative estimate of drug-likeness (QED) is 0.353. The lowest BCUT2D eigenvalue weighted by molar-refractivity contribution is -0.394. The van der Waals surface area contributed by atoms with Gasteiger partial charge in [0.2, 0.25) is 0 Å². The van der Waals surface area contributed by atoms with Gasteiger partial charge in [0.05, 0.1) is 33.5 Å². The molecule has 0 spiro atoms. The molecule has 0 saturated heterocycles. The van der Waals surface area contributed by atoms with E-state index in [2.05, 4.69) is 5.32 Å². The highest BCUT2D eigenvalue weighted by Gasteiger charge is 2.30. The van der Waals surface area contributed by atoms with Crippen molar-refractivity contribution in [3.8, 4) is 0 Å². The number of non-ortho nitro benzene ring substituents is 1. The Hall–Kier alpha value is -3.87. The van der Waals surface area contributed by atoms with Crippen molar-refractivity contribution < 1.29 is 29.0 Å². The Morgan fingerprint density at radius 3 is 2.25 bits per heavy atom. The topological polar surface area (TPSA) is 162 Å². The van der Waals surface area contributed by atoms with E-state index in [1.807, 2.05) is 0 Å². The highest BCUT2D eigenvalue weighted by molar-refractivity contribution is 7.18. The maximum atomic E-state index is 12.8. The fourth-order valence-corrected chi connectivity index (χ4v) is 4.11. The van der Waals surface area contributed by atoms with Gasteiger partial charge in [-0.25, -0.2) is 4.79 Å². The number of esters is 1. The van der Waals surface area contributed by atoms with Crippen LogP contribution in [-0.2, 0) is 4.74 Å². The maximum Gasteiger partial charge on any atom is 0.341 e. The van der Waals surface area contributed by atoms with Crippen molar-refractivity contribution >= 4 is 45.5 Å². The Balaban J connectivity index is 2.55. The van der Waals surface area contributed by atoms with Gasteiger partial charge in [-0.1, -0.05) is 0 Å². The number of methoxy groups -OCH3 is 1. The number of anilines is 1. The van der Waals surface area contributed by atoms with Crippen LogP contribution in [0.5, 0.6) is 0 Å². The van der Waals surface area contributed by atoms with E-state index in [1.165, 1.54) is 11.8 Å². The van der Waals surface area contributed by atoms with E-state index in [0.29, 0.717) is 24.7 Å². The van der Waals surface area contributed by atoms with E-state index in [1.54, 1.807) is 13.8 Å². The van der Waals surface area contributed by atoms with Crippen molar-refractivity contribution in [1.82, 2.24) is 4.90 Å². The highest BCUT2D eigenvalue weighted by Crippen LogP contribution is 2.35. The minimum Gasteiger partial charge on any atom is -0.465 e. The average Bonchev–Trinajstić information content (AvgIpc) is 3.08. The van der Waals surface area contributed by atoms with Gasteiger partial charge in [0, 0.05) is 19.2 Å². The largest absolute Gasteiger partial charge is 0.465 e. The van der Waals surface area contributed by atoms with E-state index in [9.17, 15) is 34.6 Å². The molecule has 1 aromatic heterocycles. The molecule has 12 nitrogen and oxygen atoms in total. The zero-order valence-electron chi connectivity index (χ0n) is 17.7. The fourth-order valence-electron chi connectivity index (χ4n) is 2.95. The second kappa shape index (κ2) is 9.96. The lowest BCUT2D eigenvalue weighted by atomic mass is 10.1. The molecule has 0 aliphatic rings. The number of thiophene rings is 1. The van der Waals surface area contributed by atoms with E-state index in [-0.39, 0.29) is 21.3 Å². The van der Waals surface area contributed by atoms with E-state index in [0.717, 1.165) is 30.6 Å². The molecular weight excluding hydrogens is 444 g/mol. The van der Waals surface area contributed by atoms with Crippen molar-refractivity contribution in [2.24, 2.45) is 0 Å². The summed E-state index contributed by atoms with van der Waals surface area (Å²) in [6, 6.07) is 2.58. The first-order valence-electron chi connectivity index (χ1n) is 9.32. The molecule has 0 unspecified atom stereocenters. The van der Waals surface area contributed by atoms with Gasteiger partial charge in [-0.2, -0.15) is 0 Å². The van der Waals surface area contributed by atoms with Crippen LogP contribution < -0.4 is 5.32 Å². The summed E-state index contributed by atoms with van der Waals surface area (Å²) in [5, 5.41) is 24.6. The number of nitro benzene ring substituents is 2. The van der Waals surface area contributed by atoms with E-state index >= 15 is 0 Å². The number of hydrogen-bond donors (Lipinski definition) is 1. The maximum absolute atomic E-state index is 12.8. The van der Waals surface area contributed by atoms with Crippen LogP contribution in [0.15, 0.2) is 18.2 Å². The molecule has 2 aromatic rings. The first kappa shape index (κ1) is 24.4. The van der Waals surface area contributed by atoms with Gasteiger partial charge in [-0.3, -0.25) is 29.8 Å². The minimum absolute atomic E-state index is 0.0255. The summed E-state index contributed by atoms with van der Waals surface area (Å²) in [6.07, 6.45) is 0. The molecule has 2 amide bonds. The molecule has 1 N–H and O–H groups in total. The zero-order chi connectivity index (χ0) is 24.2. The van der Waals surface area contributed by atoms with Crippen LogP contribution in [0.4, 0.5) is 16.4 Å². The number of hydrogen-bond acceptors (Lipinski definition) is 9. The van der Waals surface area contributed by atoms with Gasteiger partial charge in [-0.05, 0) is 32.4 Å². The normalized spacial score (nSPS) is 10.4. The Morgan fingerprint density at radius 2 is 1.75 bits per heavy atom.